The van der Waals surface area contributed by atoms with Gasteiger partial charge in [-0.2, -0.15) is 13.1 Å². The molecule has 0 aliphatic heterocycles. The maximum atomic E-state index is 12.6. The van der Waals surface area contributed by atoms with Crippen LogP contribution in [0.25, 0.3) is 0 Å². The molecule has 0 aromatic heterocycles. The van der Waals surface area contributed by atoms with Crippen molar-refractivity contribution in [2.24, 2.45) is 0 Å². The van der Waals surface area contributed by atoms with E-state index in [1.54, 1.807) is 24.3 Å². The van der Waals surface area contributed by atoms with E-state index in [9.17, 15) is 17.2 Å². The average Bonchev–Trinajstić information content (AvgIpc) is 3.09. The number of halogens is 2. The highest BCUT2D eigenvalue weighted by atomic mass is 32.2. The van der Waals surface area contributed by atoms with Gasteiger partial charge in [-0.3, -0.25) is 0 Å². The molecule has 0 spiro atoms. The van der Waals surface area contributed by atoms with Gasteiger partial charge in [-0.15, -0.1) is 0 Å². The number of hydrogen-bond donors (Lipinski definition) is 1. The second-order valence-corrected chi connectivity index (χ2v) is 6.18. The Hall–Kier alpha value is -1.21. The van der Waals surface area contributed by atoms with Gasteiger partial charge in [-0.05, 0) is 30.5 Å². The van der Waals surface area contributed by atoms with Gasteiger partial charge in [0.2, 0.25) is 0 Å². The summed E-state index contributed by atoms with van der Waals surface area (Å²) in [4.78, 5) is 0. The van der Waals surface area contributed by atoms with E-state index >= 15 is 0 Å². The first-order valence-corrected chi connectivity index (χ1v) is 7.05. The summed E-state index contributed by atoms with van der Waals surface area (Å²) in [5.74, 6) is -3.38. The quantitative estimate of drug-likeness (QED) is 0.834. The van der Waals surface area contributed by atoms with Gasteiger partial charge >= 0.3 is 5.76 Å². The zero-order valence-corrected chi connectivity index (χ0v) is 10.4. The Bertz CT molecular complexity index is 530. The van der Waals surface area contributed by atoms with Gasteiger partial charge < -0.3 is 5.73 Å². The lowest BCUT2D eigenvalue weighted by Crippen LogP contribution is -2.36. The van der Waals surface area contributed by atoms with E-state index in [0.717, 1.165) is 4.31 Å². The summed E-state index contributed by atoms with van der Waals surface area (Å²) in [7, 11) is -4.53. The van der Waals surface area contributed by atoms with Crippen molar-refractivity contribution in [3.8, 4) is 0 Å². The van der Waals surface area contributed by atoms with Gasteiger partial charge in [0.1, 0.15) is 0 Å². The van der Waals surface area contributed by atoms with Crippen LogP contribution in [-0.2, 0) is 16.6 Å². The molecule has 0 saturated heterocycles. The van der Waals surface area contributed by atoms with Gasteiger partial charge in [0.15, 0.2) is 0 Å². The van der Waals surface area contributed by atoms with Crippen LogP contribution in [0.3, 0.4) is 0 Å². The number of benzene rings is 1. The molecule has 0 amide bonds. The maximum Gasteiger partial charge on any atom is 0.350 e. The Morgan fingerprint density at radius 3 is 2.56 bits per heavy atom. The van der Waals surface area contributed by atoms with Crippen molar-refractivity contribution < 1.29 is 17.2 Å². The number of nitrogens with two attached hydrogens (primary N) is 1. The molecular formula is C11H14F2N2O2S. The van der Waals surface area contributed by atoms with Crippen LogP contribution in [0, 0.1) is 0 Å². The third-order valence-electron chi connectivity index (χ3n) is 2.80. The van der Waals surface area contributed by atoms with Crippen LogP contribution >= 0.6 is 0 Å². The lowest BCUT2D eigenvalue weighted by atomic mass is 10.2. The Balaban J connectivity index is 2.22. The van der Waals surface area contributed by atoms with Crippen molar-refractivity contribution >= 4 is 15.7 Å². The van der Waals surface area contributed by atoms with E-state index in [1.165, 1.54) is 0 Å². The van der Waals surface area contributed by atoms with Crippen molar-refractivity contribution in [3.63, 3.8) is 0 Å². The predicted octanol–water partition coefficient (Wildman–Crippen LogP) is 1.79. The fraction of sp³-hybridized carbons (Fsp3) is 0.455. The highest BCUT2D eigenvalue weighted by Gasteiger charge is 2.41. The van der Waals surface area contributed by atoms with Crippen LogP contribution in [0.15, 0.2) is 24.3 Å². The molecule has 4 nitrogen and oxygen atoms in total. The molecule has 2 rings (SSSR count). The summed E-state index contributed by atoms with van der Waals surface area (Å²) in [6.07, 6.45) is 1.27. The van der Waals surface area contributed by atoms with Gasteiger partial charge in [0.25, 0.3) is 10.0 Å². The Morgan fingerprint density at radius 2 is 2.06 bits per heavy atom. The number of alkyl halides is 2. The van der Waals surface area contributed by atoms with Gasteiger partial charge in [0, 0.05) is 18.3 Å². The number of rotatable bonds is 5. The Kier molecular flexibility index (Phi) is 3.54. The number of anilines is 1. The van der Waals surface area contributed by atoms with Gasteiger partial charge in [0.05, 0.1) is 0 Å². The van der Waals surface area contributed by atoms with Crippen molar-refractivity contribution in [3.05, 3.63) is 29.8 Å². The van der Waals surface area contributed by atoms with E-state index in [1.807, 2.05) is 0 Å². The van der Waals surface area contributed by atoms with Crippen LogP contribution in [0.1, 0.15) is 18.4 Å². The summed E-state index contributed by atoms with van der Waals surface area (Å²) in [6, 6.07) is 6.30. The summed E-state index contributed by atoms with van der Waals surface area (Å²) in [6.45, 7) is -0.0532. The molecule has 1 aliphatic carbocycles. The first kappa shape index (κ1) is 13.2. The van der Waals surface area contributed by atoms with Crippen molar-refractivity contribution in [2.75, 3.05) is 5.73 Å². The third-order valence-corrected chi connectivity index (χ3v) is 4.33. The Morgan fingerprint density at radius 1 is 1.39 bits per heavy atom. The molecule has 18 heavy (non-hydrogen) atoms. The first-order chi connectivity index (χ1) is 8.41. The molecule has 1 saturated carbocycles. The van der Waals surface area contributed by atoms with E-state index in [2.05, 4.69) is 0 Å². The summed E-state index contributed by atoms with van der Waals surface area (Å²) in [5.41, 5.74) is 6.68. The van der Waals surface area contributed by atoms with Gasteiger partial charge in [-0.25, -0.2) is 8.42 Å². The minimum Gasteiger partial charge on any atom is -0.399 e. The monoisotopic (exact) mass is 276 g/mol. The molecule has 7 heteroatoms. The number of hydrogen-bond acceptors (Lipinski definition) is 3. The van der Waals surface area contributed by atoms with Crippen LogP contribution in [0.2, 0.25) is 0 Å². The van der Waals surface area contributed by atoms with Crippen LogP contribution in [-0.4, -0.2) is 24.5 Å². The minimum absolute atomic E-state index is 0.0532. The molecule has 0 atom stereocenters. The molecule has 0 heterocycles. The SMILES string of the molecule is Nc1cccc(CN(C2CC2)S(=O)(=O)C(F)F)c1. The highest BCUT2D eigenvalue weighted by Crippen LogP contribution is 2.32. The molecule has 0 unspecified atom stereocenters. The largest absolute Gasteiger partial charge is 0.399 e. The zero-order valence-electron chi connectivity index (χ0n) is 9.59. The predicted molar refractivity (Wildman–Crippen MR) is 64.3 cm³/mol. The fourth-order valence-electron chi connectivity index (χ4n) is 1.76. The molecule has 0 radical (unpaired) electrons. The summed E-state index contributed by atoms with van der Waals surface area (Å²) < 4.78 is 49.1. The zero-order chi connectivity index (χ0) is 13.3. The third kappa shape index (κ3) is 2.78. The smallest absolute Gasteiger partial charge is 0.350 e. The standard InChI is InChI=1S/C11H14F2N2O2S/c12-11(13)18(16,17)15(10-4-5-10)7-8-2-1-3-9(14)6-8/h1-3,6,10-11H,4-5,7,14H2. The van der Waals surface area contributed by atoms with Crippen LogP contribution in [0.5, 0.6) is 0 Å². The van der Waals surface area contributed by atoms with E-state index < -0.39 is 15.8 Å². The maximum absolute atomic E-state index is 12.6. The molecule has 100 valence electrons. The normalized spacial score (nSPS) is 16.4. The summed E-state index contributed by atoms with van der Waals surface area (Å²) in [5, 5.41) is 0. The molecule has 1 aromatic carbocycles. The Labute approximate surface area is 104 Å². The van der Waals surface area contributed by atoms with Crippen molar-refractivity contribution in [1.29, 1.82) is 0 Å². The molecule has 2 N–H and O–H groups in total. The number of nitrogens with zero attached hydrogens (tertiary/aromatic N) is 1. The van der Waals surface area contributed by atoms with E-state index in [-0.39, 0.29) is 12.6 Å². The first-order valence-electron chi connectivity index (χ1n) is 5.54. The topological polar surface area (TPSA) is 63.4 Å². The van der Waals surface area contributed by atoms with Gasteiger partial charge in [-0.1, -0.05) is 12.1 Å². The lowest BCUT2D eigenvalue weighted by Gasteiger charge is -2.21. The molecule has 0 bridgehead atoms. The fourth-order valence-corrected chi connectivity index (χ4v) is 2.92. The van der Waals surface area contributed by atoms with E-state index in [0.29, 0.717) is 24.1 Å². The van der Waals surface area contributed by atoms with Crippen LogP contribution < -0.4 is 5.73 Å². The van der Waals surface area contributed by atoms with Crippen molar-refractivity contribution in [2.45, 2.75) is 31.2 Å². The second kappa shape index (κ2) is 4.81. The van der Waals surface area contributed by atoms with Crippen molar-refractivity contribution in [1.82, 2.24) is 4.31 Å². The van der Waals surface area contributed by atoms with E-state index in [4.69, 9.17) is 5.73 Å². The highest BCUT2D eigenvalue weighted by molar-refractivity contribution is 7.89. The van der Waals surface area contributed by atoms with Crippen LogP contribution in [0.4, 0.5) is 14.5 Å². The molecule has 1 aliphatic rings. The molecule has 1 aromatic rings. The lowest BCUT2D eigenvalue weighted by molar-refractivity contribution is 0.216. The number of nitrogen functional groups attached to an aromatic ring is 1. The molecule has 1 fully saturated rings. The summed E-state index contributed by atoms with van der Waals surface area (Å²) >= 11 is 0. The second-order valence-electron chi connectivity index (χ2n) is 4.33. The average molecular weight is 276 g/mol. The minimum atomic E-state index is -4.53. The molecular weight excluding hydrogens is 262 g/mol. The number of sulfonamides is 1.